The summed E-state index contributed by atoms with van der Waals surface area (Å²) in [4.78, 5) is 0. The maximum atomic E-state index is 8.50. The maximum absolute atomic E-state index is 8.50. The molecule has 0 saturated carbocycles. The Labute approximate surface area is 62.2 Å². The van der Waals surface area contributed by atoms with Gasteiger partial charge in [0.25, 0.3) is 0 Å². The van der Waals surface area contributed by atoms with Gasteiger partial charge in [-0.1, -0.05) is 13.8 Å². The first-order valence-corrected chi connectivity index (χ1v) is 3.61. The Bertz CT molecular complexity index is 76.0. The van der Waals surface area contributed by atoms with Gasteiger partial charge < -0.3 is 15.6 Å². The molecule has 0 heterocycles. The van der Waals surface area contributed by atoms with E-state index in [9.17, 15) is 0 Å². The molecule has 0 bridgehead atoms. The average Bonchev–Trinajstić information content (AvgIpc) is 1.87. The topological polar surface area (TPSA) is 55.5 Å². The van der Waals surface area contributed by atoms with Gasteiger partial charge in [-0.3, -0.25) is 0 Å². The van der Waals surface area contributed by atoms with Crippen LogP contribution in [0, 0.1) is 5.92 Å². The molecule has 0 radical (unpaired) electrons. The van der Waals surface area contributed by atoms with Gasteiger partial charge in [0, 0.05) is 6.61 Å². The molecule has 0 fully saturated rings. The van der Waals surface area contributed by atoms with Crippen LogP contribution in [0.4, 0.5) is 0 Å². The number of hydrogen-bond acceptors (Lipinski definition) is 3. The van der Waals surface area contributed by atoms with Crippen LogP contribution in [0.5, 0.6) is 0 Å². The molecular weight excluding hydrogens is 130 g/mol. The maximum Gasteiger partial charge on any atom is 0.0640 e. The normalized spacial score (nSPS) is 14.1. The van der Waals surface area contributed by atoms with Gasteiger partial charge in [-0.2, -0.15) is 0 Å². The standard InChI is InChI=1S/C7H17NO2/c1-6(2)4-10-5-7(8)3-9/h6-7,9H,3-5,8H2,1-2H3. The molecule has 0 aromatic rings. The minimum Gasteiger partial charge on any atom is -0.395 e. The van der Waals surface area contributed by atoms with Crippen LogP contribution in [-0.4, -0.2) is 31.0 Å². The van der Waals surface area contributed by atoms with Crippen molar-refractivity contribution in [2.45, 2.75) is 19.9 Å². The Morgan fingerprint density at radius 2 is 2.00 bits per heavy atom. The lowest BCUT2D eigenvalue weighted by atomic mass is 10.2. The second-order valence-corrected chi connectivity index (χ2v) is 2.87. The first kappa shape index (κ1) is 9.88. The van der Waals surface area contributed by atoms with Crippen LogP contribution in [0.2, 0.25) is 0 Å². The molecule has 0 amide bonds. The lowest BCUT2D eigenvalue weighted by Gasteiger charge is -2.10. The monoisotopic (exact) mass is 147 g/mol. The van der Waals surface area contributed by atoms with Gasteiger partial charge in [-0.25, -0.2) is 0 Å². The highest BCUT2D eigenvalue weighted by atomic mass is 16.5. The average molecular weight is 147 g/mol. The Balaban J connectivity index is 3.03. The van der Waals surface area contributed by atoms with Crippen LogP contribution in [0.15, 0.2) is 0 Å². The molecule has 0 spiro atoms. The highest BCUT2D eigenvalue weighted by Crippen LogP contribution is 1.92. The fraction of sp³-hybridized carbons (Fsp3) is 1.00. The van der Waals surface area contributed by atoms with E-state index >= 15 is 0 Å². The molecule has 0 aromatic carbocycles. The lowest BCUT2D eigenvalue weighted by molar-refractivity contribution is 0.0828. The van der Waals surface area contributed by atoms with Gasteiger partial charge >= 0.3 is 0 Å². The SMILES string of the molecule is CC(C)COCC(N)CO. The lowest BCUT2D eigenvalue weighted by Crippen LogP contribution is -2.30. The third-order valence-electron chi connectivity index (χ3n) is 1.02. The second-order valence-electron chi connectivity index (χ2n) is 2.87. The van der Waals surface area contributed by atoms with Crippen LogP contribution in [0.3, 0.4) is 0 Å². The van der Waals surface area contributed by atoms with E-state index in [4.69, 9.17) is 15.6 Å². The molecule has 0 rings (SSSR count). The third-order valence-corrected chi connectivity index (χ3v) is 1.02. The highest BCUT2D eigenvalue weighted by molar-refractivity contribution is 4.55. The minimum atomic E-state index is -0.223. The largest absolute Gasteiger partial charge is 0.395 e. The van der Waals surface area contributed by atoms with Crippen molar-refractivity contribution in [1.29, 1.82) is 0 Å². The first-order valence-electron chi connectivity index (χ1n) is 3.61. The zero-order valence-corrected chi connectivity index (χ0v) is 6.71. The van der Waals surface area contributed by atoms with Crippen LogP contribution in [-0.2, 0) is 4.74 Å². The fourth-order valence-corrected chi connectivity index (χ4v) is 0.508. The summed E-state index contributed by atoms with van der Waals surface area (Å²) in [5.74, 6) is 0.533. The predicted molar refractivity (Wildman–Crippen MR) is 40.7 cm³/mol. The summed E-state index contributed by atoms with van der Waals surface area (Å²) in [5, 5.41) is 8.50. The zero-order valence-electron chi connectivity index (χ0n) is 6.71. The van der Waals surface area contributed by atoms with E-state index in [1.54, 1.807) is 0 Å². The van der Waals surface area contributed by atoms with Crippen molar-refractivity contribution in [3.63, 3.8) is 0 Å². The number of nitrogens with two attached hydrogens (primary N) is 1. The molecule has 62 valence electrons. The van der Waals surface area contributed by atoms with Crippen molar-refractivity contribution in [2.75, 3.05) is 19.8 Å². The van der Waals surface area contributed by atoms with Gasteiger partial charge in [0.05, 0.1) is 19.3 Å². The minimum absolute atomic E-state index is 0.00189. The Kier molecular flexibility index (Phi) is 5.58. The van der Waals surface area contributed by atoms with Crippen LogP contribution in [0.1, 0.15) is 13.8 Å². The molecule has 0 aliphatic rings. The Morgan fingerprint density at radius 1 is 1.40 bits per heavy atom. The molecule has 0 aliphatic heterocycles. The van der Waals surface area contributed by atoms with Crippen molar-refractivity contribution >= 4 is 0 Å². The van der Waals surface area contributed by atoms with E-state index in [2.05, 4.69) is 13.8 Å². The fourth-order valence-electron chi connectivity index (χ4n) is 0.508. The van der Waals surface area contributed by atoms with Crippen molar-refractivity contribution in [2.24, 2.45) is 11.7 Å². The quantitative estimate of drug-likeness (QED) is 0.574. The summed E-state index contributed by atoms with van der Waals surface area (Å²) >= 11 is 0. The zero-order chi connectivity index (χ0) is 7.98. The van der Waals surface area contributed by atoms with Gasteiger partial charge in [0.2, 0.25) is 0 Å². The molecule has 0 aliphatic carbocycles. The molecule has 3 nitrogen and oxygen atoms in total. The molecule has 1 atom stereocenters. The van der Waals surface area contributed by atoms with E-state index in [-0.39, 0.29) is 12.6 Å². The molecule has 10 heavy (non-hydrogen) atoms. The predicted octanol–water partition coefficient (Wildman–Crippen LogP) is -0.0214. The molecule has 0 aromatic heterocycles. The van der Waals surface area contributed by atoms with Crippen LogP contribution < -0.4 is 5.73 Å². The number of rotatable bonds is 5. The summed E-state index contributed by atoms with van der Waals surface area (Å²) in [7, 11) is 0. The van der Waals surface area contributed by atoms with Gasteiger partial charge in [-0.15, -0.1) is 0 Å². The molecule has 3 heteroatoms. The smallest absolute Gasteiger partial charge is 0.0640 e. The van der Waals surface area contributed by atoms with E-state index in [0.29, 0.717) is 19.1 Å². The van der Waals surface area contributed by atoms with Crippen molar-refractivity contribution in [3.8, 4) is 0 Å². The summed E-state index contributed by atoms with van der Waals surface area (Å²) in [6, 6.07) is -0.223. The third kappa shape index (κ3) is 6.01. The second kappa shape index (κ2) is 5.65. The molecule has 0 saturated heterocycles. The summed E-state index contributed by atoms with van der Waals surface area (Å²) in [6.07, 6.45) is 0. The number of hydrogen-bond donors (Lipinski definition) is 2. The molecular formula is C7H17NO2. The van der Waals surface area contributed by atoms with Gasteiger partial charge in [0.15, 0.2) is 0 Å². The molecule has 1 unspecified atom stereocenters. The van der Waals surface area contributed by atoms with Crippen molar-refractivity contribution < 1.29 is 9.84 Å². The van der Waals surface area contributed by atoms with Crippen LogP contribution >= 0.6 is 0 Å². The van der Waals surface area contributed by atoms with E-state index in [1.807, 2.05) is 0 Å². The van der Waals surface area contributed by atoms with Crippen molar-refractivity contribution in [3.05, 3.63) is 0 Å². The number of ether oxygens (including phenoxy) is 1. The van der Waals surface area contributed by atoms with Gasteiger partial charge in [-0.05, 0) is 5.92 Å². The summed E-state index contributed by atoms with van der Waals surface area (Å²) < 4.78 is 5.16. The molecule has 3 N–H and O–H groups in total. The van der Waals surface area contributed by atoms with E-state index in [0.717, 1.165) is 0 Å². The number of aliphatic hydroxyl groups excluding tert-OH is 1. The number of aliphatic hydroxyl groups is 1. The Hall–Kier alpha value is -0.120. The first-order chi connectivity index (χ1) is 4.66. The highest BCUT2D eigenvalue weighted by Gasteiger charge is 2.00. The van der Waals surface area contributed by atoms with E-state index < -0.39 is 0 Å². The van der Waals surface area contributed by atoms with Crippen molar-refractivity contribution in [1.82, 2.24) is 0 Å². The van der Waals surface area contributed by atoms with Crippen LogP contribution in [0.25, 0.3) is 0 Å². The van der Waals surface area contributed by atoms with E-state index in [1.165, 1.54) is 0 Å². The van der Waals surface area contributed by atoms with Gasteiger partial charge in [0.1, 0.15) is 0 Å². The Morgan fingerprint density at radius 3 is 2.40 bits per heavy atom. The summed E-state index contributed by atoms with van der Waals surface area (Å²) in [6.45, 7) is 5.31. The summed E-state index contributed by atoms with van der Waals surface area (Å²) in [5.41, 5.74) is 5.38.